The van der Waals surface area contributed by atoms with Crippen molar-refractivity contribution in [3.05, 3.63) is 76.3 Å². The van der Waals surface area contributed by atoms with E-state index in [2.05, 4.69) is 57.3 Å². The normalized spacial score (nSPS) is 17.7. The van der Waals surface area contributed by atoms with Gasteiger partial charge in [0, 0.05) is 10.0 Å². The summed E-state index contributed by atoms with van der Waals surface area (Å²) in [7, 11) is 1.62. The number of thioether (sulfide) groups is 1. The molecule has 1 aliphatic rings. The van der Waals surface area contributed by atoms with E-state index in [-0.39, 0.29) is 11.2 Å². The lowest BCUT2D eigenvalue weighted by Crippen LogP contribution is -2.31. The largest absolute Gasteiger partial charge is 0.496 e. The Morgan fingerprint density at radius 1 is 1.16 bits per heavy atom. The molecule has 0 spiro atoms. The van der Waals surface area contributed by atoms with E-state index in [1.54, 1.807) is 18.2 Å². The van der Waals surface area contributed by atoms with Gasteiger partial charge in [-0.15, -0.1) is 5.10 Å². The van der Waals surface area contributed by atoms with Crippen LogP contribution < -0.4 is 4.74 Å². The number of amides is 1. The predicted molar refractivity (Wildman–Crippen MR) is 137 cm³/mol. The van der Waals surface area contributed by atoms with Gasteiger partial charge >= 0.3 is 0 Å². The van der Waals surface area contributed by atoms with Gasteiger partial charge in [0.25, 0.3) is 0 Å². The van der Waals surface area contributed by atoms with Gasteiger partial charge in [-0.3, -0.25) is 9.69 Å². The number of carbonyl (C=O) groups is 1. The number of fused-ring (bicyclic) bond motifs is 1. The Bertz CT molecular complexity index is 1190. The predicted octanol–water partition coefficient (Wildman–Crippen LogP) is 6.25. The molecule has 0 aliphatic carbocycles. The molecular formula is C25H24BrN3O2S. The first-order chi connectivity index (χ1) is 15.6. The molecule has 164 valence electrons. The molecule has 0 aromatic heterocycles. The Labute approximate surface area is 200 Å². The second-order valence-corrected chi connectivity index (χ2v) is 9.56. The highest BCUT2D eigenvalue weighted by Crippen LogP contribution is 2.33. The van der Waals surface area contributed by atoms with Crippen molar-refractivity contribution < 1.29 is 9.53 Å². The molecule has 7 heteroatoms. The van der Waals surface area contributed by atoms with Crippen molar-refractivity contribution in [1.29, 1.82) is 0 Å². The van der Waals surface area contributed by atoms with Gasteiger partial charge in [-0.05, 0) is 41.0 Å². The van der Waals surface area contributed by atoms with Crippen molar-refractivity contribution >= 4 is 55.8 Å². The first-order valence-electron chi connectivity index (χ1n) is 10.5. The fraction of sp³-hybridized carbons (Fsp3) is 0.240. The number of amidine groups is 1. The summed E-state index contributed by atoms with van der Waals surface area (Å²) >= 11 is 4.97. The highest BCUT2D eigenvalue weighted by molar-refractivity contribution is 9.10. The molecule has 0 radical (unpaired) electrons. The van der Waals surface area contributed by atoms with Crippen molar-refractivity contribution in [3.63, 3.8) is 0 Å². The Kier molecular flexibility index (Phi) is 7.27. The van der Waals surface area contributed by atoms with E-state index in [1.807, 2.05) is 36.4 Å². The highest BCUT2D eigenvalue weighted by atomic mass is 79.9. The van der Waals surface area contributed by atoms with Crippen LogP contribution in [-0.4, -0.2) is 34.5 Å². The first-order valence-corrected chi connectivity index (χ1v) is 12.2. The lowest BCUT2D eigenvalue weighted by Gasteiger charge is -2.17. The van der Waals surface area contributed by atoms with Crippen LogP contribution in [0.1, 0.15) is 30.9 Å². The zero-order chi connectivity index (χ0) is 22.5. The molecule has 1 saturated heterocycles. The molecule has 0 unspecified atom stereocenters. The molecule has 1 aliphatic heterocycles. The molecule has 1 heterocycles. The summed E-state index contributed by atoms with van der Waals surface area (Å²) in [5.74, 6) is 0.808. The van der Waals surface area contributed by atoms with Crippen molar-refractivity contribution in [2.24, 2.45) is 10.2 Å². The van der Waals surface area contributed by atoms with Gasteiger partial charge in [0.1, 0.15) is 5.75 Å². The van der Waals surface area contributed by atoms with Crippen molar-refractivity contribution in [2.75, 3.05) is 7.11 Å². The maximum atomic E-state index is 13.2. The fourth-order valence-electron chi connectivity index (χ4n) is 3.72. The molecule has 1 fully saturated rings. The maximum absolute atomic E-state index is 13.2. The van der Waals surface area contributed by atoms with Crippen molar-refractivity contribution in [2.45, 2.75) is 31.6 Å². The lowest BCUT2D eigenvalue weighted by molar-refractivity contribution is -0.126. The van der Waals surface area contributed by atoms with E-state index < -0.39 is 0 Å². The number of rotatable bonds is 7. The molecule has 1 atom stereocenters. The van der Waals surface area contributed by atoms with Crippen LogP contribution in [0.15, 0.2) is 75.3 Å². The zero-order valence-electron chi connectivity index (χ0n) is 18.0. The average Bonchev–Trinajstić information content (AvgIpc) is 3.09. The number of hydrogen-bond acceptors (Lipinski definition) is 5. The maximum Gasteiger partial charge on any atom is 0.242 e. The number of hydrogen-bond donors (Lipinski definition) is 0. The molecule has 32 heavy (non-hydrogen) atoms. The van der Waals surface area contributed by atoms with E-state index in [9.17, 15) is 4.79 Å². The molecule has 4 rings (SSSR count). The molecule has 3 aromatic rings. The van der Waals surface area contributed by atoms with Crippen LogP contribution in [0.2, 0.25) is 0 Å². The first kappa shape index (κ1) is 22.6. The minimum Gasteiger partial charge on any atom is -0.496 e. The summed E-state index contributed by atoms with van der Waals surface area (Å²) in [5, 5.41) is 11.6. The van der Waals surface area contributed by atoms with Crippen LogP contribution in [0, 0.1) is 0 Å². The van der Waals surface area contributed by atoms with Crippen LogP contribution >= 0.6 is 27.7 Å². The van der Waals surface area contributed by atoms with E-state index in [0.29, 0.717) is 17.5 Å². The van der Waals surface area contributed by atoms with Crippen molar-refractivity contribution in [3.8, 4) is 5.75 Å². The summed E-state index contributed by atoms with van der Waals surface area (Å²) < 4.78 is 6.33. The Balaban J connectivity index is 1.64. The van der Waals surface area contributed by atoms with Crippen LogP contribution in [0.25, 0.3) is 10.8 Å². The van der Waals surface area contributed by atoms with Gasteiger partial charge in [0.05, 0.1) is 25.1 Å². The van der Waals surface area contributed by atoms with Crippen LogP contribution in [0.4, 0.5) is 0 Å². The molecule has 3 aromatic carbocycles. The number of ether oxygens (including phenoxy) is 1. The van der Waals surface area contributed by atoms with Gasteiger partial charge in [0.15, 0.2) is 5.17 Å². The Hall–Kier alpha value is -2.64. The standard InChI is InChI=1S/C25H24BrN3O2S/c1-3-7-23-24(30)29(16-18-10-6-9-17-8-4-5-11-21(17)18)25(32-23)28-27-15-19-14-20(26)12-13-22(19)31-2/h4-6,8-15,23H,3,7,16H2,1-2H3/b27-15-,28-25-/t23-/m1/s1. The van der Waals surface area contributed by atoms with Crippen LogP contribution in [0.5, 0.6) is 5.75 Å². The Morgan fingerprint density at radius 2 is 1.97 bits per heavy atom. The molecule has 0 N–H and O–H groups in total. The van der Waals surface area contributed by atoms with Crippen LogP contribution in [-0.2, 0) is 11.3 Å². The quantitative estimate of drug-likeness (QED) is 0.279. The number of benzene rings is 3. The van der Waals surface area contributed by atoms with Gasteiger partial charge in [-0.2, -0.15) is 5.10 Å². The summed E-state index contributed by atoms with van der Waals surface area (Å²) in [5.41, 5.74) is 1.91. The van der Waals surface area contributed by atoms with Gasteiger partial charge in [0.2, 0.25) is 5.91 Å². The van der Waals surface area contributed by atoms with Crippen LogP contribution in [0.3, 0.4) is 0 Å². The second kappa shape index (κ2) is 10.3. The Morgan fingerprint density at radius 3 is 2.78 bits per heavy atom. The minimum atomic E-state index is -0.121. The fourth-order valence-corrected chi connectivity index (χ4v) is 5.32. The van der Waals surface area contributed by atoms with Gasteiger partial charge in [-0.1, -0.05) is 83.5 Å². The van der Waals surface area contributed by atoms with Crippen molar-refractivity contribution in [1.82, 2.24) is 4.90 Å². The molecule has 1 amide bonds. The molecule has 5 nitrogen and oxygen atoms in total. The molecule has 0 bridgehead atoms. The summed E-state index contributed by atoms with van der Waals surface area (Å²) in [6.07, 6.45) is 3.42. The average molecular weight is 510 g/mol. The molecular weight excluding hydrogens is 486 g/mol. The monoisotopic (exact) mass is 509 g/mol. The lowest BCUT2D eigenvalue weighted by atomic mass is 10.0. The summed E-state index contributed by atoms with van der Waals surface area (Å²) in [6, 6.07) is 20.1. The number of nitrogens with zero attached hydrogens (tertiary/aromatic N) is 3. The second-order valence-electron chi connectivity index (χ2n) is 7.47. The third-order valence-corrected chi connectivity index (χ3v) is 7.04. The highest BCUT2D eigenvalue weighted by Gasteiger charge is 2.37. The minimum absolute atomic E-state index is 0.0961. The zero-order valence-corrected chi connectivity index (χ0v) is 20.4. The number of halogens is 1. The van der Waals surface area contributed by atoms with E-state index in [1.165, 1.54) is 11.8 Å². The summed E-state index contributed by atoms with van der Waals surface area (Å²) in [4.78, 5) is 14.9. The smallest absolute Gasteiger partial charge is 0.242 e. The SMILES string of the molecule is CCC[C@H]1S/C(=N\N=C/c2cc(Br)ccc2OC)N(Cc2cccc3ccccc23)C1=O. The van der Waals surface area contributed by atoms with Gasteiger partial charge < -0.3 is 4.74 Å². The molecule has 0 saturated carbocycles. The van der Waals surface area contributed by atoms with E-state index in [4.69, 9.17) is 4.74 Å². The summed E-state index contributed by atoms with van der Waals surface area (Å²) in [6.45, 7) is 2.57. The van der Waals surface area contributed by atoms with E-state index in [0.717, 1.165) is 39.2 Å². The number of carbonyl (C=O) groups excluding carboxylic acids is 1. The third kappa shape index (κ3) is 4.89. The topological polar surface area (TPSA) is 54.3 Å². The third-order valence-electron chi connectivity index (χ3n) is 5.31. The van der Waals surface area contributed by atoms with E-state index >= 15 is 0 Å². The number of methoxy groups -OCH3 is 1. The van der Waals surface area contributed by atoms with Gasteiger partial charge in [-0.25, -0.2) is 0 Å².